The second-order valence-electron chi connectivity index (χ2n) is 7.36. The molecule has 0 heterocycles. The SMILES string of the molecule is CCC(CSC1CCC1SCC(CC(=O)CCOCCC(C)=O)C(=O)O)C(=O)O. The Hall–Kier alpha value is -1.06. The van der Waals surface area contributed by atoms with Gasteiger partial charge in [-0.1, -0.05) is 6.92 Å². The summed E-state index contributed by atoms with van der Waals surface area (Å²) in [5.74, 6) is -1.96. The predicted molar refractivity (Wildman–Crippen MR) is 115 cm³/mol. The zero-order valence-corrected chi connectivity index (χ0v) is 18.8. The maximum absolute atomic E-state index is 12.0. The van der Waals surface area contributed by atoms with Gasteiger partial charge in [0.25, 0.3) is 0 Å². The maximum atomic E-state index is 12.0. The second kappa shape index (κ2) is 14.0. The summed E-state index contributed by atoms with van der Waals surface area (Å²) in [6, 6.07) is 0. The van der Waals surface area contributed by atoms with Gasteiger partial charge in [-0.25, -0.2) is 0 Å². The summed E-state index contributed by atoms with van der Waals surface area (Å²) in [5.41, 5.74) is 0. The van der Waals surface area contributed by atoms with Crippen molar-refractivity contribution in [1.82, 2.24) is 0 Å². The van der Waals surface area contributed by atoms with Gasteiger partial charge in [0.05, 0.1) is 25.0 Å². The van der Waals surface area contributed by atoms with Gasteiger partial charge in [0.1, 0.15) is 11.6 Å². The predicted octanol–water partition coefficient (Wildman–Crippen LogP) is 3.14. The number of carboxylic acids is 2. The van der Waals surface area contributed by atoms with E-state index in [-0.39, 0.29) is 43.5 Å². The lowest BCUT2D eigenvalue weighted by Crippen LogP contribution is -2.34. The largest absolute Gasteiger partial charge is 0.481 e. The molecule has 1 aliphatic rings. The first-order valence-electron chi connectivity index (χ1n) is 10.0. The number of ketones is 2. The van der Waals surface area contributed by atoms with Crippen LogP contribution in [0.15, 0.2) is 0 Å². The van der Waals surface area contributed by atoms with Crippen LogP contribution >= 0.6 is 23.5 Å². The molecule has 1 saturated carbocycles. The molecule has 1 fully saturated rings. The molecule has 0 aromatic carbocycles. The fourth-order valence-corrected chi connectivity index (χ4v) is 6.14. The highest BCUT2D eigenvalue weighted by Crippen LogP contribution is 2.41. The zero-order chi connectivity index (χ0) is 21.8. The van der Waals surface area contributed by atoms with E-state index in [1.54, 1.807) is 23.5 Å². The van der Waals surface area contributed by atoms with E-state index < -0.39 is 17.9 Å². The maximum Gasteiger partial charge on any atom is 0.307 e. The number of carbonyl (C=O) groups is 4. The van der Waals surface area contributed by atoms with Gasteiger partial charge >= 0.3 is 11.9 Å². The van der Waals surface area contributed by atoms with E-state index in [2.05, 4.69) is 0 Å². The average Bonchev–Trinajstić information content (AvgIpc) is 2.62. The van der Waals surface area contributed by atoms with Crippen molar-refractivity contribution in [3.63, 3.8) is 0 Å². The molecule has 0 aromatic heterocycles. The minimum Gasteiger partial charge on any atom is -0.481 e. The lowest BCUT2D eigenvalue weighted by molar-refractivity contribution is -0.143. The Morgan fingerprint density at radius 1 is 0.931 bits per heavy atom. The second-order valence-corrected chi connectivity index (χ2v) is 9.90. The standard InChI is InChI=1S/C20H32O7S2/c1-3-14(19(23)24)11-28-17-4-5-18(17)29-12-15(20(25)26)10-16(22)7-9-27-8-6-13(2)21/h14-15,17-18H,3-12H2,1-2H3,(H,23,24)(H,25,26). The molecule has 0 amide bonds. The van der Waals surface area contributed by atoms with E-state index in [1.165, 1.54) is 6.92 Å². The van der Waals surface area contributed by atoms with E-state index in [4.69, 9.17) is 9.84 Å². The Labute approximate surface area is 180 Å². The Morgan fingerprint density at radius 3 is 1.90 bits per heavy atom. The molecule has 9 heteroatoms. The number of Topliss-reactive ketones (excluding diaryl/α,β-unsaturated/α-hetero) is 2. The Morgan fingerprint density at radius 2 is 1.45 bits per heavy atom. The van der Waals surface area contributed by atoms with Gasteiger partial charge in [0.2, 0.25) is 0 Å². The number of aliphatic carboxylic acids is 2. The van der Waals surface area contributed by atoms with Crippen LogP contribution in [0, 0.1) is 11.8 Å². The van der Waals surface area contributed by atoms with Gasteiger partial charge in [0, 0.05) is 41.3 Å². The molecule has 0 bridgehead atoms. The Bertz CT molecular complexity index is 567. The topological polar surface area (TPSA) is 118 Å². The number of carbonyl (C=O) groups excluding carboxylic acids is 2. The number of hydrogen-bond acceptors (Lipinski definition) is 7. The van der Waals surface area contributed by atoms with Crippen LogP contribution in [0.4, 0.5) is 0 Å². The van der Waals surface area contributed by atoms with Gasteiger partial charge in [-0.2, -0.15) is 23.5 Å². The first-order valence-corrected chi connectivity index (χ1v) is 12.1. The van der Waals surface area contributed by atoms with Gasteiger partial charge in [-0.05, 0) is 26.2 Å². The summed E-state index contributed by atoms with van der Waals surface area (Å²) in [4.78, 5) is 45.5. The first kappa shape index (κ1) is 26.0. The van der Waals surface area contributed by atoms with Crippen molar-refractivity contribution >= 4 is 47.0 Å². The third kappa shape index (κ3) is 10.5. The third-order valence-corrected chi connectivity index (χ3v) is 8.31. The van der Waals surface area contributed by atoms with Crippen LogP contribution in [0.1, 0.15) is 52.4 Å². The van der Waals surface area contributed by atoms with Crippen LogP contribution in [0.25, 0.3) is 0 Å². The van der Waals surface area contributed by atoms with Crippen molar-refractivity contribution in [2.75, 3.05) is 24.7 Å². The van der Waals surface area contributed by atoms with Crippen molar-refractivity contribution in [3.05, 3.63) is 0 Å². The Balaban J connectivity index is 2.31. The van der Waals surface area contributed by atoms with Gasteiger partial charge < -0.3 is 14.9 Å². The van der Waals surface area contributed by atoms with Crippen LogP contribution in [-0.4, -0.2) is 68.9 Å². The molecule has 166 valence electrons. The molecule has 0 radical (unpaired) electrons. The molecule has 4 atom stereocenters. The fraction of sp³-hybridized carbons (Fsp3) is 0.800. The Kier molecular flexibility index (Phi) is 12.6. The number of carboxylic acid groups (broad SMARTS) is 2. The summed E-state index contributed by atoms with van der Waals surface area (Å²) in [7, 11) is 0. The van der Waals surface area contributed by atoms with E-state index in [9.17, 15) is 24.3 Å². The van der Waals surface area contributed by atoms with Crippen molar-refractivity contribution in [2.24, 2.45) is 11.8 Å². The van der Waals surface area contributed by atoms with Crippen LogP contribution in [0.2, 0.25) is 0 Å². The normalized spacial score (nSPS) is 20.5. The number of thioether (sulfide) groups is 2. The highest BCUT2D eigenvalue weighted by atomic mass is 32.2. The van der Waals surface area contributed by atoms with Gasteiger partial charge in [0.15, 0.2) is 0 Å². The van der Waals surface area contributed by atoms with E-state index >= 15 is 0 Å². The summed E-state index contributed by atoms with van der Waals surface area (Å²) in [6.07, 6.45) is 3.08. The smallest absolute Gasteiger partial charge is 0.307 e. The van der Waals surface area contributed by atoms with Gasteiger partial charge in [-0.3, -0.25) is 19.2 Å². The quantitative estimate of drug-likeness (QED) is 0.323. The first-order chi connectivity index (χ1) is 13.7. The molecule has 7 nitrogen and oxygen atoms in total. The molecule has 0 aliphatic heterocycles. The van der Waals surface area contributed by atoms with Crippen LogP contribution in [-0.2, 0) is 23.9 Å². The van der Waals surface area contributed by atoms with Crippen LogP contribution in [0.3, 0.4) is 0 Å². The van der Waals surface area contributed by atoms with Crippen molar-refractivity contribution in [3.8, 4) is 0 Å². The van der Waals surface area contributed by atoms with Crippen molar-refractivity contribution in [1.29, 1.82) is 0 Å². The van der Waals surface area contributed by atoms with Crippen molar-refractivity contribution < 1.29 is 34.1 Å². The molecule has 29 heavy (non-hydrogen) atoms. The van der Waals surface area contributed by atoms with E-state index in [0.717, 1.165) is 12.8 Å². The minimum atomic E-state index is -0.969. The van der Waals surface area contributed by atoms with Crippen LogP contribution in [0.5, 0.6) is 0 Å². The monoisotopic (exact) mass is 448 g/mol. The third-order valence-electron chi connectivity index (χ3n) is 4.96. The highest BCUT2D eigenvalue weighted by molar-refractivity contribution is 8.04. The molecular weight excluding hydrogens is 416 g/mol. The molecule has 1 aliphatic carbocycles. The number of ether oxygens (including phenoxy) is 1. The molecule has 0 aromatic rings. The molecule has 1 rings (SSSR count). The minimum absolute atomic E-state index is 0.0140. The summed E-state index contributed by atoms with van der Waals surface area (Å²) >= 11 is 3.25. The molecule has 2 N–H and O–H groups in total. The molecular formula is C20H32O7S2. The lowest BCUT2D eigenvalue weighted by Gasteiger charge is -2.36. The zero-order valence-electron chi connectivity index (χ0n) is 17.1. The average molecular weight is 449 g/mol. The molecule has 0 spiro atoms. The number of hydrogen-bond donors (Lipinski definition) is 2. The van der Waals surface area contributed by atoms with Crippen molar-refractivity contribution in [2.45, 2.75) is 62.9 Å². The fourth-order valence-electron chi connectivity index (χ4n) is 2.76. The summed E-state index contributed by atoms with van der Waals surface area (Å²) < 4.78 is 5.23. The van der Waals surface area contributed by atoms with Gasteiger partial charge in [-0.15, -0.1) is 0 Å². The van der Waals surface area contributed by atoms with E-state index in [0.29, 0.717) is 34.8 Å². The lowest BCUT2D eigenvalue weighted by atomic mass is 9.99. The number of rotatable bonds is 17. The van der Waals surface area contributed by atoms with Crippen LogP contribution < -0.4 is 0 Å². The summed E-state index contributed by atoms with van der Waals surface area (Å²) in [6.45, 7) is 3.83. The highest BCUT2D eigenvalue weighted by Gasteiger charge is 2.34. The summed E-state index contributed by atoms with van der Waals surface area (Å²) in [5, 5.41) is 19.2. The molecule has 4 unspecified atom stereocenters. The van der Waals surface area contributed by atoms with E-state index in [1.807, 2.05) is 6.92 Å². The molecule has 0 saturated heterocycles.